The topological polar surface area (TPSA) is 128 Å². The Labute approximate surface area is 258 Å². The van der Waals surface area contributed by atoms with E-state index in [1.165, 1.54) is 35.9 Å². The summed E-state index contributed by atoms with van der Waals surface area (Å²) in [5.41, 5.74) is 1.78. The molecule has 0 aliphatic carbocycles. The molecule has 0 unspecified atom stereocenters. The summed E-state index contributed by atoms with van der Waals surface area (Å²) >= 11 is 8.81. The van der Waals surface area contributed by atoms with Crippen LogP contribution in [-0.2, 0) is 20.1 Å². The second-order valence-corrected chi connectivity index (χ2v) is 12.0. The van der Waals surface area contributed by atoms with Gasteiger partial charge >= 0.3 is 11.9 Å². The van der Waals surface area contributed by atoms with Crippen LogP contribution in [0.5, 0.6) is 11.5 Å². The van der Waals surface area contributed by atoms with E-state index in [1.807, 2.05) is 18.2 Å². The van der Waals surface area contributed by atoms with Gasteiger partial charge in [-0.2, -0.15) is 0 Å². The number of anilines is 1. The fourth-order valence-electron chi connectivity index (χ4n) is 4.72. The number of rotatable bonds is 7. The maximum atomic E-state index is 13.6. The van der Waals surface area contributed by atoms with Gasteiger partial charge in [-0.1, -0.05) is 65.0 Å². The van der Waals surface area contributed by atoms with E-state index in [-0.39, 0.29) is 21.8 Å². The number of hydrogen-bond donors (Lipinski definition) is 1. The quantitative estimate of drug-likeness (QED) is 0.0677. The van der Waals surface area contributed by atoms with Crippen LogP contribution in [0.1, 0.15) is 33.1 Å². The summed E-state index contributed by atoms with van der Waals surface area (Å²) in [5, 5.41) is 20.7. The van der Waals surface area contributed by atoms with Crippen molar-refractivity contribution in [2.24, 2.45) is 0 Å². The largest absolute Gasteiger partial charge is 0.507 e. The number of nitrogens with zero attached hydrogens (tertiary/aromatic N) is 3. The lowest BCUT2D eigenvalue weighted by Crippen LogP contribution is -2.29. The molecule has 1 fully saturated rings. The van der Waals surface area contributed by atoms with Crippen molar-refractivity contribution in [1.29, 1.82) is 0 Å². The molecule has 13 heteroatoms. The molecule has 0 bridgehead atoms. The lowest BCUT2D eigenvalue weighted by atomic mass is 9.94. The molecule has 2 aliphatic rings. The first kappa shape index (κ1) is 28.7. The molecule has 0 saturated carbocycles. The van der Waals surface area contributed by atoms with Crippen molar-refractivity contribution >= 4 is 63.3 Å². The molecule has 3 heterocycles. The summed E-state index contributed by atoms with van der Waals surface area (Å²) in [5.74, 6) is -1.26. The van der Waals surface area contributed by atoms with Gasteiger partial charge in [-0.15, -0.1) is 10.2 Å². The van der Waals surface area contributed by atoms with Crippen LogP contribution in [0.3, 0.4) is 0 Å². The summed E-state index contributed by atoms with van der Waals surface area (Å²) in [4.78, 5) is 40.4. The molecule has 4 aromatic rings. The lowest BCUT2D eigenvalue weighted by molar-refractivity contribution is -0.132. The number of aliphatic hydroxyl groups excluding tert-OH is 1. The van der Waals surface area contributed by atoms with Gasteiger partial charge in [0.2, 0.25) is 5.13 Å². The van der Waals surface area contributed by atoms with Gasteiger partial charge in [-0.05, 0) is 47.5 Å². The first-order valence-corrected chi connectivity index (χ1v) is 15.1. The number of halogens is 1. The number of carbonyl (C=O) groups is 3. The van der Waals surface area contributed by atoms with E-state index in [0.29, 0.717) is 45.4 Å². The molecular formula is C30H22ClN3O7S2. The Hall–Kier alpha value is -4.39. The standard InChI is InChI=1S/C30H22ClN3O7S2/c1-39-28(38)17-8-6-16(7-9-17)24-23(25(35)18-10-11-21-22(14-18)41-13-12-40-21)26(36)27(37)34(24)29-32-33-30(43-29)42-15-19-4-2-3-5-20(19)31/h2-11,14,24,35H,12-13,15H2,1H3/t24-/m0/s1. The maximum Gasteiger partial charge on any atom is 0.337 e. The van der Waals surface area contributed by atoms with Crippen LogP contribution in [0.4, 0.5) is 5.13 Å². The number of carbonyl (C=O) groups excluding carboxylic acids is 3. The van der Waals surface area contributed by atoms with E-state index in [9.17, 15) is 19.5 Å². The highest BCUT2D eigenvalue weighted by molar-refractivity contribution is 8.00. The van der Waals surface area contributed by atoms with E-state index < -0.39 is 29.5 Å². The number of amides is 1. The number of Topliss-reactive ketones (excluding diaryl/α,β-unsaturated/α-hetero) is 1. The number of hydrogen-bond acceptors (Lipinski definition) is 11. The van der Waals surface area contributed by atoms with Crippen molar-refractivity contribution in [3.8, 4) is 11.5 Å². The molecule has 1 amide bonds. The molecule has 3 aromatic carbocycles. The third kappa shape index (κ3) is 5.56. The highest BCUT2D eigenvalue weighted by Crippen LogP contribution is 2.45. The van der Waals surface area contributed by atoms with Crippen LogP contribution in [-0.4, -0.2) is 53.3 Å². The Kier molecular flexibility index (Phi) is 8.06. The number of aliphatic hydroxyl groups is 1. The monoisotopic (exact) mass is 635 g/mol. The van der Waals surface area contributed by atoms with Gasteiger partial charge < -0.3 is 19.3 Å². The molecule has 0 spiro atoms. The first-order chi connectivity index (χ1) is 20.9. The highest BCUT2D eigenvalue weighted by Gasteiger charge is 2.48. The van der Waals surface area contributed by atoms with Gasteiger partial charge in [0, 0.05) is 16.3 Å². The van der Waals surface area contributed by atoms with Crippen LogP contribution in [0.25, 0.3) is 5.76 Å². The predicted molar refractivity (Wildman–Crippen MR) is 161 cm³/mol. The Bertz CT molecular complexity index is 1770. The van der Waals surface area contributed by atoms with Gasteiger partial charge in [0.15, 0.2) is 15.8 Å². The fraction of sp³-hybridized carbons (Fsp3) is 0.167. The predicted octanol–water partition coefficient (Wildman–Crippen LogP) is 5.67. The molecule has 218 valence electrons. The minimum absolute atomic E-state index is 0.145. The highest BCUT2D eigenvalue weighted by atomic mass is 35.5. The van der Waals surface area contributed by atoms with Gasteiger partial charge in [0.05, 0.1) is 24.3 Å². The zero-order valence-corrected chi connectivity index (χ0v) is 24.9. The zero-order valence-electron chi connectivity index (χ0n) is 22.5. The second kappa shape index (κ2) is 12.1. The van der Waals surface area contributed by atoms with Gasteiger partial charge in [0.25, 0.3) is 5.78 Å². The minimum Gasteiger partial charge on any atom is -0.507 e. The molecule has 10 nitrogen and oxygen atoms in total. The van der Waals surface area contributed by atoms with E-state index >= 15 is 0 Å². The molecule has 1 saturated heterocycles. The summed E-state index contributed by atoms with van der Waals surface area (Å²) in [6.07, 6.45) is 0. The van der Waals surface area contributed by atoms with E-state index in [0.717, 1.165) is 16.9 Å². The van der Waals surface area contributed by atoms with E-state index in [4.69, 9.17) is 25.8 Å². The third-order valence-corrected chi connectivity index (χ3v) is 9.29. The second-order valence-electron chi connectivity index (χ2n) is 9.37. The minimum atomic E-state index is -1.06. The molecule has 1 atom stereocenters. The zero-order chi connectivity index (χ0) is 30.1. The summed E-state index contributed by atoms with van der Waals surface area (Å²) < 4.78 is 16.6. The Balaban J connectivity index is 1.40. The van der Waals surface area contributed by atoms with E-state index in [1.54, 1.807) is 36.4 Å². The average molecular weight is 636 g/mol. The Morgan fingerprint density at radius 1 is 1.05 bits per heavy atom. The van der Waals surface area contributed by atoms with Crippen molar-refractivity contribution in [2.75, 3.05) is 25.2 Å². The number of methoxy groups -OCH3 is 1. The number of esters is 1. The molecule has 43 heavy (non-hydrogen) atoms. The Morgan fingerprint density at radius 3 is 2.51 bits per heavy atom. The number of ketones is 1. The van der Waals surface area contributed by atoms with Gasteiger partial charge in [-0.25, -0.2) is 4.79 Å². The third-order valence-electron chi connectivity index (χ3n) is 6.82. The van der Waals surface area contributed by atoms with Crippen molar-refractivity contribution < 1.29 is 33.7 Å². The summed E-state index contributed by atoms with van der Waals surface area (Å²) in [7, 11) is 1.27. The molecule has 6 rings (SSSR count). The molecule has 0 radical (unpaired) electrons. The van der Waals surface area contributed by atoms with Crippen LogP contribution in [0, 0.1) is 0 Å². The van der Waals surface area contributed by atoms with Crippen molar-refractivity contribution in [1.82, 2.24) is 10.2 Å². The van der Waals surface area contributed by atoms with Crippen LogP contribution in [0.2, 0.25) is 5.02 Å². The Morgan fingerprint density at radius 2 is 1.77 bits per heavy atom. The number of aromatic nitrogens is 2. The van der Waals surface area contributed by atoms with Crippen LogP contribution < -0.4 is 14.4 Å². The van der Waals surface area contributed by atoms with Gasteiger partial charge in [-0.3, -0.25) is 14.5 Å². The SMILES string of the molecule is COC(=O)c1ccc([C@H]2C(=C(O)c3ccc4c(c3)OCCO4)C(=O)C(=O)N2c2nnc(SCc3ccccc3Cl)s2)cc1. The normalized spacial score (nSPS) is 17.3. The van der Waals surface area contributed by atoms with Crippen LogP contribution >= 0.6 is 34.7 Å². The smallest absolute Gasteiger partial charge is 0.337 e. The van der Waals surface area contributed by atoms with Crippen molar-refractivity contribution in [3.63, 3.8) is 0 Å². The average Bonchev–Trinajstić information content (AvgIpc) is 3.61. The van der Waals surface area contributed by atoms with Crippen LogP contribution in [0.15, 0.2) is 76.6 Å². The number of fused-ring (bicyclic) bond motifs is 1. The summed E-state index contributed by atoms with van der Waals surface area (Å²) in [6.45, 7) is 0.730. The number of benzene rings is 3. The van der Waals surface area contributed by atoms with Crippen molar-refractivity contribution in [2.45, 2.75) is 16.1 Å². The fourth-order valence-corrected chi connectivity index (χ4v) is 6.88. The maximum absolute atomic E-state index is 13.6. The van der Waals surface area contributed by atoms with E-state index in [2.05, 4.69) is 10.2 Å². The number of ether oxygens (including phenoxy) is 3. The molecular weight excluding hydrogens is 614 g/mol. The molecule has 2 aliphatic heterocycles. The van der Waals surface area contributed by atoms with Crippen molar-refractivity contribution in [3.05, 3.63) is 99.6 Å². The molecule has 1 N–H and O–H groups in total. The van der Waals surface area contributed by atoms with Gasteiger partial charge in [0.1, 0.15) is 19.0 Å². The first-order valence-electron chi connectivity index (χ1n) is 12.9. The molecule has 1 aromatic heterocycles. The number of thioether (sulfide) groups is 1. The summed E-state index contributed by atoms with van der Waals surface area (Å²) in [6, 6.07) is 17.4. The lowest BCUT2D eigenvalue weighted by Gasteiger charge is -2.23.